The van der Waals surface area contributed by atoms with Crippen LogP contribution in [-0.4, -0.2) is 24.7 Å². The Morgan fingerprint density at radius 2 is 1.88 bits per heavy atom. The molecule has 0 bridgehead atoms. The van der Waals surface area contributed by atoms with Gasteiger partial charge in [0.25, 0.3) is 0 Å². The second-order valence-electron chi connectivity index (χ2n) is 1.21. The van der Waals surface area contributed by atoms with E-state index in [4.69, 9.17) is 4.55 Å². The van der Waals surface area contributed by atoms with Crippen molar-refractivity contribution < 1.29 is 8.76 Å². The third-order valence-electron chi connectivity index (χ3n) is 0.629. The first-order valence-corrected chi connectivity index (χ1v) is 5.35. The maximum absolute atomic E-state index is 10.2. The van der Waals surface area contributed by atoms with Crippen molar-refractivity contribution in [2.24, 2.45) is 0 Å². The first kappa shape index (κ1) is 9.07. The molecule has 0 rings (SSSR count). The molecule has 0 amide bonds. The summed E-state index contributed by atoms with van der Waals surface area (Å²) in [6.07, 6.45) is 0. The van der Waals surface area contributed by atoms with Crippen LogP contribution in [0.25, 0.3) is 0 Å². The molecule has 0 fully saturated rings. The Hall–Kier alpha value is 1.07. The third-order valence-corrected chi connectivity index (χ3v) is 3.95. The largest absolute Gasteiger partial charge is 0.306 e. The summed E-state index contributed by atoms with van der Waals surface area (Å²) in [4.78, 5) is 0. The van der Waals surface area contributed by atoms with Gasteiger partial charge in [-0.25, -0.2) is 4.21 Å². The molecule has 0 spiro atoms. The number of halogens is 2. The van der Waals surface area contributed by atoms with E-state index in [-0.39, 0.29) is 5.25 Å². The van der Waals surface area contributed by atoms with Gasteiger partial charge in [-0.1, -0.05) is 31.9 Å². The van der Waals surface area contributed by atoms with Crippen LogP contribution in [0.3, 0.4) is 0 Å². The van der Waals surface area contributed by atoms with Crippen LogP contribution < -0.4 is 0 Å². The second-order valence-corrected chi connectivity index (χ2v) is 3.72. The van der Waals surface area contributed by atoms with E-state index in [0.29, 0.717) is 10.7 Å². The zero-order valence-electron chi connectivity index (χ0n) is 4.01. The van der Waals surface area contributed by atoms with Gasteiger partial charge in [0.05, 0.1) is 5.25 Å². The van der Waals surface area contributed by atoms with Crippen molar-refractivity contribution in [2.45, 2.75) is 5.25 Å². The van der Waals surface area contributed by atoms with Crippen LogP contribution >= 0.6 is 31.9 Å². The molecule has 0 aromatic carbocycles. The lowest BCUT2D eigenvalue weighted by molar-refractivity contribution is 0.557. The molecule has 0 aliphatic carbocycles. The normalized spacial score (nSPS) is 14.5. The summed E-state index contributed by atoms with van der Waals surface area (Å²) in [6.45, 7) is 0. The molecule has 0 heterocycles. The zero-order valence-corrected chi connectivity index (χ0v) is 8.00. The van der Waals surface area contributed by atoms with E-state index in [0.717, 1.165) is 0 Å². The Bertz CT molecular complexity index is 83.4. The van der Waals surface area contributed by atoms with Gasteiger partial charge in [-0.05, 0) is 0 Å². The van der Waals surface area contributed by atoms with Crippen LogP contribution in [0.2, 0.25) is 0 Å². The fourth-order valence-corrected chi connectivity index (χ4v) is 2.79. The molecule has 8 heavy (non-hydrogen) atoms. The van der Waals surface area contributed by atoms with E-state index in [2.05, 4.69) is 31.9 Å². The van der Waals surface area contributed by atoms with Crippen LogP contribution in [0.4, 0.5) is 0 Å². The van der Waals surface area contributed by atoms with Crippen molar-refractivity contribution >= 4 is 42.9 Å². The van der Waals surface area contributed by atoms with Gasteiger partial charge in [0.2, 0.25) is 0 Å². The monoisotopic (exact) mass is 264 g/mol. The summed E-state index contributed by atoms with van der Waals surface area (Å²) >= 11 is 4.49. The second kappa shape index (κ2) is 4.90. The van der Waals surface area contributed by atoms with Gasteiger partial charge in [0.15, 0.2) is 11.1 Å². The highest BCUT2D eigenvalue weighted by atomic mass is 79.9. The van der Waals surface area contributed by atoms with E-state index in [1.807, 2.05) is 0 Å². The maximum Gasteiger partial charge on any atom is 0.157 e. The quantitative estimate of drug-likeness (QED) is 0.618. The average molecular weight is 266 g/mol. The highest BCUT2D eigenvalue weighted by Crippen LogP contribution is 2.01. The number of alkyl halides is 2. The Morgan fingerprint density at radius 1 is 1.50 bits per heavy atom. The molecule has 50 valence electrons. The fourth-order valence-electron chi connectivity index (χ4n) is 0.149. The first-order valence-electron chi connectivity index (χ1n) is 1.94. The predicted octanol–water partition coefficient (Wildman–Crippen LogP) is 1.37. The maximum atomic E-state index is 10.2. The van der Waals surface area contributed by atoms with E-state index < -0.39 is 11.1 Å². The van der Waals surface area contributed by atoms with Gasteiger partial charge in [0, 0.05) is 10.7 Å². The van der Waals surface area contributed by atoms with Crippen molar-refractivity contribution in [2.75, 3.05) is 10.7 Å². The van der Waals surface area contributed by atoms with Gasteiger partial charge < -0.3 is 4.55 Å². The Balaban J connectivity index is 3.52. The predicted molar refractivity (Wildman–Crippen MR) is 42.1 cm³/mol. The topological polar surface area (TPSA) is 37.3 Å². The molecule has 5 heteroatoms. The van der Waals surface area contributed by atoms with E-state index in [1.54, 1.807) is 0 Å². The minimum Gasteiger partial charge on any atom is -0.306 e. The van der Waals surface area contributed by atoms with Gasteiger partial charge in [-0.3, -0.25) is 0 Å². The zero-order chi connectivity index (χ0) is 6.57. The van der Waals surface area contributed by atoms with Crippen LogP contribution in [0.1, 0.15) is 0 Å². The smallest absolute Gasteiger partial charge is 0.157 e. The Labute approximate surface area is 67.6 Å². The molecule has 0 saturated heterocycles. The highest BCUT2D eigenvalue weighted by Gasteiger charge is 2.09. The molecular formula is C3H6Br2O2S. The summed E-state index contributed by atoms with van der Waals surface area (Å²) in [6, 6.07) is 0. The van der Waals surface area contributed by atoms with Crippen LogP contribution in [0, 0.1) is 0 Å². The average Bonchev–Trinajstić information content (AvgIpc) is 1.69. The molecule has 1 atom stereocenters. The van der Waals surface area contributed by atoms with E-state index in [1.165, 1.54) is 0 Å². The molecule has 0 aromatic rings. The lowest BCUT2D eigenvalue weighted by Crippen LogP contribution is -2.17. The van der Waals surface area contributed by atoms with Crippen molar-refractivity contribution in [1.82, 2.24) is 0 Å². The van der Waals surface area contributed by atoms with Gasteiger partial charge in [-0.15, -0.1) is 0 Å². The van der Waals surface area contributed by atoms with Crippen LogP contribution in [0.5, 0.6) is 0 Å². The molecule has 0 aliphatic rings. The Kier molecular flexibility index (Phi) is 5.56. The third kappa shape index (κ3) is 3.17. The lowest BCUT2D eigenvalue weighted by Gasteiger charge is -2.01. The molecule has 1 unspecified atom stereocenters. The van der Waals surface area contributed by atoms with E-state index >= 15 is 0 Å². The van der Waals surface area contributed by atoms with Crippen molar-refractivity contribution in [3.05, 3.63) is 0 Å². The lowest BCUT2D eigenvalue weighted by atomic mass is 10.6. The highest BCUT2D eigenvalue weighted by molar-refractivity contribution is 9.10. The standard InChI is InChI=1S/C3H6Br2O2S/c4-1-3(2-5)8(6)7/h3H,1-2H2,(H,6,7). The van der Waals surface area contributed by atoms with Crippen molar-refractivity contribution in [3.63, 3.8) is 0 Å². The van der Waals surface area contributed by atoms with Gasteiger partial charge in [0.1, 0.15) is 0 Å². The molecule has 0 saturated carbocycles. The molecule has 0 radical (unpaired) electrons. The van der Waals surface area contributed by atoms with Crippen molar-refractivity contribution in [3.8, 4) is 0 Å². The van der Waals surface area contributed by atoms with Crippen LogP contribution in [0.15, 0.2) is 0 Å². The number of hydrogen-bond donors (Lipinski definition) is 1. The summed E-state index contributed by atoms with van der Waals surface area (Å²) in [5, 5.41) is 0.929. The van der Waals surface area contributed by atoms with Gasteiger partial charge in [-0.2, -0.15) is 0 Å². The first-order chi connectivity index (χ1) is 3.72. The summed E-state index contributed by atoms with van der Waals surface area (Å²) in [5.74, 6) is 0. The number of rotatable bonds is 3. The minimum absolute atomic E-state index is 0.185. The minimum atomic E-state index is -1.70. The summed E-state index contributed by atoms with van der Waals surface area (Å²) in [7, 11) is 0. The molecule has 0 aromatic heterocycles. The Morgan fingerprint density at radius 3 is 1.88 bits per heavy atom. The molecule has 1 N–H and O–H groups in total. The van der Waals surface area contributed by atoms with E-state index in [9.17, 15) is 4.21 Å². The van der Waals surface area contributed by atoms with Gasteiger partial charge >= 0.3 is 0 Å². The van der Waals surface area contributed by atoms with Crippen LogP contribution in [-0.2, 0) is 11.1 Å². The SMILES string of the molecule is O=S(O)C(CBr)CBr. The summed E-state index contributed by atoms with van der Waals surface area (Å²) < 4.78 is 18.6. The molecular weight excluding hydrogens is 260 g/mol. The van der Waals surface area contributed by atoms with Crippen molar-refractivity contribution in [1.29, 1.82) is 0 Å². The molecule has 0 aliphatic heterocycles. The summed E-state index contributed by atoms with van der Waals surface area (Å²) in [5.41, 5.74) is 0. The molecule has 2 nitrogen and oxygen atoms in total. The number of hydrogen-bond acceptors (Lipinski definition) is 1. The fraction of sp³-hybridized carbons (Fsp3) is 1.00.